The summed E-state index contributed by atoms with van der Waals surface area (Å²) in [4.78, 5) is 0.00873. The van der Waals surface area contributed by atoms with E-state index < -0.39 is 10.0 Å². The molecule has 0 aliphatic rings. The van der Waals surface area contributed by atoms with E-state index in [-0.39, 0.29) is 16.3 Å². The van der Waals surface area contributed by atoms with Crippen LogP contribution in [0.1, 0.15) is 11.1 Å². The summed E-state index contributed by atoms with van der Waals surface area (Å²) >= 11 is 6.00. The van der Waals surface area contributed by atoms with Crippen molar-refractivity contribution in [2.75, 3.05) is 40.3 Å². The molecule has 8 nitrogen and oxygen atoms in total. The molecule has 3 aromatic carbocycles. The molecule has 0 amide bonds. The van der Waals surface area contributed by atoms with Crippen LogP contribution in [0.3, 0.4) is 0 Å². The maximum atomic E-state index is 13.1. The molecule has 0 fully saturated rings. The van der Waals surface area contributed by atoms with E-state index in [0.29, 0.717) is 33.6 Å². The van der Waals surface area contributed by atoms with Crippen LogP contribution in [0.2, 0.25) is 5.02 Å². The second-order valence-corrected chi connectivity index (χ2v) is 9.24. The molecule has 3 aromatic rings. The Balaban J connectivity index is 2.11. The highest BCUT2D eigenvalue weighted by Crippen LogP contribution is 2.41. The number of methoxy groups -OCH3 is 5. The van der Waals surface area contributed by atoms with Crippen molar-refractivity contribution < 1.29 is 32.1 Å². The van der Waals surface area contributed by atoms with Crippen LogP contribution in [0.15, 0.2) is 53.4 Å². The van der Waals surface area contributed by atoms with Crippen molar-refractivity contribution >= 4 is 39.5 Å². The Bertz CT molecular complexity index is 1310. The van der Waals surface area contributed by atoms with Crippen molar-refractivity contribution in [1.29, 1.82) is 0 Å². The lowest BCUT2D eigenvalue weighted by molar-refractivity contribution is 0.324. The van der Waals surface area contributed by atoms with Crippen LogP contribution in [-0.2, 0) is 10.0 Å². The number of nitrogens with one attached hydrogen (secondary N) is 1. The Morgan fingerprint density at radius 2 is 1.37 bits per heavy atom. The topological polar surface area (TPSA) is 92.3 Å². The molecular formula is C25H26ClNO7S. The van der Waals surface area contributed by atoms with Gasteiger partial charge in [-0.1, -0.05) is 29.8 Å². The van der Waals surface area contributed by atoms with Crippen LogP contribution >= 0.6 is 11.6 Å². The maximum Gasteiger partial charge on any atom is 0.262 e. The largest absolute Gasteiger partial charge is 0.493 e. The molecule has 0 saturated heterocycles. The molecule has 0 aliphatic heterocycles. The number of hydrogen-bond donors (Lipinski definition) is 1. The Labute approximate surface area is 210 Å². The molecule has 186 valence electrons. The first-order valence-corrected chi connectivity index (χ1v) is 12.2. The molecule has 0 unspecified atom stereocenters. The summed E-state index contributed by atoms with van der Waals surface area (Å²) in [6, 6.07) is 12.9. The van der Waals surface area contributed by atoms with E-state index >= 15 is 0 Å². The van der Waals surface area contributed by atoms with Crippen LogP contribution < -0.4 is 28.4 Å². The minimum Gasteiger partial charge on any atom is -0.493 e. The van der Waals surface area contributed by atoms with Crippen LogP contribution in [0.25, 0.3) is 12.2 Å². The summed E-state index contributed by atoms with van der Waals surface area (Å²) in [5.41, 5.74) is 1.47. The van der Waals surface area contributed by atoms with Gasteiger partial charge in [0.15, 0.2) is 23.0 Å². The van der Waals surface area contributed by atoms with Crippen molar-refractivity contribution in [2.24, 2.45) is 0 Å². The molecule has 0 saturated carbocycles. The number of halogens is 1. The van der Waals surface area contributed by atoms with Gasteiger partial charge in [0.05, 0.1) is 40.4 Å². The van der Waals surface area contributed by atoms with E-state index in [1.807, 2.05) is 0 Å². The summed E-state index contributed by atoms with van der Waals surface area (Å²) in [6.45, 7) is 0. The fourth-order valence-corrected chi connectivity index (χ4v) is 4.79. The van der Waals surface area contributed by atoms with Gasteiger partial charge in [0, 0.05) is 10.6 Å². The first-order chi connectivity index (χ1) is 16.8. The van der Waals surface area contributed by atoms with Gasteiger partial charge in [-0.25, -0.2) is 8.42 Å². The minimum atomic E-state index is -3.99. The Kier molecular flexibility index (Phi) is 8.37. The molecule has 0 atom stereocenters. The molecule has 0 bridgehead atoms. The summed E-state index contributed by atoms with van der Waals surface area (Å²) in [7, 11) is 3.50. The van der Waals surface area contributed by atoms with Gasteiger partial charge in [-0.2, -0.15) is 0 Å². The molecule has 10 heteroatoms. The van der Waals surface area contributed by atoms with Crippen LogP contribution in [0.5, 0.6) is 28.7 Å². The van der Waals surface area contributed by atoms with Crippen molar-refractivity contribution in [2.45, 2.75) is 4.90 Å². The van der Waals surface area contributed by atoms with Gasteiger partial charge in [-0.15, -0.1) is 0 Å². The predicted octanol–water partition coefficient (Wildman–Crippen LogP) is 5.35. The number of rotatable bonds is 10. The number of hydrogen-bond acceptors (Lipinski definition) is 7. The lowest BCUT2D eigenvalue weighted by Gasteiger charge is -2.17. The van der Waals surface area contributed by atoms with Gasteiger partial charge in [-0.05, 0) is 48.0 Å². The zero-order valence-electron chi connectivity index (χ0n) is 19.9. The third-order valence-electron chi connectivity index (χ3n) is 5.06. The second kappa shape index (κ2) is 11.2. The summed E-state index contributed by atoms with van der Waals surface area (Å²) in [5, 5.41) is 0.299. The lowest BCUT2D eigenvalue weighted by atomic mass is 10.1. The van der Waals surface area contributed by atoms with Gasteiger partial charge in [0.25, 0.3) is 10.0 Å². The van der Waals surface area contributed by atoms with Gasteiger partial charge in [0.1, 0.15) is 5.69 Å². The van der Waals surface area contributed by atoms with Crippen molar-refractivity contribution in [3.63, 3.8) is 0 Å². The zero-order chi connectivity index (χ0) is 25.6. The van der Waals surface area contributed by atoms with Gasteiger partial charge >= 0.3 is 0 Å². The number of benzene rings is 3. The highest BCUT2D eigenvalue weighted by Gasteiger charge is 2.22. The molecule has 3 rings (SSSR count). The van der Waals surface area contributed by atoms with Gasteiger partial charge < -0.3 is 23.7 Å². The van der Waals surface area contributed by atoms with E-state index in [9.17, 15) is 8.42 Å². The fourth-order valence-electron chi connectivity index (χ4n) is 3.40. The Morgan fingerprint density at radius 3 is 1.91 bits per heavy atom. The monoisotopic (exact) mass is 519 g/mol. The third kappa shape index (κ3) is 5.75. The smallest absolute Gasteiger partial charge is 0.262 e. The predicted molar refractivity (Wildman–Crippen MR) is 137 cm³/mol. The lowest BCUT2D eigenvalue weighted by Crippen LogP contribution is -2.15. The highest BCUT2D eigenvalue weighted by molar-refractivity contribution is 7.92. The SMILES string of the molecule is COc1cc(C=Cc2ccc(OC)c(OC)c2NS(=O)(=O)c2cccc(Cl)c2)cc(OC)c1OC. The average Bonchev–Trinajstić information content (AvgIpc) is 2.86. The van der Waals surface area contributed by atoms with E-state index in [1.165, 1.54) is 47.7 Å². The van der Waals surface area contributed by atoms with Gasteiger partial charge in [-0.3, -0.25) is 4.72 Å². The molecular weight excluding hydrogens is 494 g/mol. The van der Waals surface area contributed by atoms with Crippen molar-refractivity contribution in [3.8, 4) is 28.7 Å². The first-order valence-electron chi connectivity index (χ1n) is 10.3. The minimum absolute atomic E-state index is 0.00873. The van der Waals surface area contributed by atoms with Crippen LogP contribution in [0.4, 0.5) is 5.69 Å². The Hall–Kier alpha value is -3.56. The van der Waals surface area contributed by atoms with Gasteiger partial charge in [0.2, 0.25) is 5.75 Å². The van der Waals surface area contributed by atoms with Crippen molar-refractivity contribution in [1.82, 2.24) is 0 Å². The van der Waals surface area contributed by atoms with Crippen LogP contribution in [-0.4, -0.2) is 44.0 Å². The number of ether oxygens (including phenoxy) is 5. The molecule has 0 spiro atoms. The first kappa shape index (κ1) is 26.1. The number of anilines is 1. The molecule has 0 aliphatic carbocycles. The summed E-state index contributed by atoms with van der Waals surface area (Å²) in [6.07, 6.45) is 3.52. The quantitative estimate of drug-likeness (QED) is 0.361. The summed E-state index contributed by atoms with van der Waals surface area (Å²) < 4.78 is 56.0. The molecule has 0 heterocycles. The van der Waals surface area contributed by atoms with E-state index in [2.05, 4.69) is 4.72 Å². The maximum absolute atomic E-state index is 13.1. The van der Waals surface area contributed by atoms with E-state index in [4.69, 9.17) is 35.3 Å². The van der Waals surface area contributed by atoms with E-state index in [1.54, 1.807) is 48.6 Å². The van der Waals surface area contributed by atoms with Crippen LogP contribution in [0, 0.1) is 0 Å². The highest BCUT2D eigenvalue weighted by atomic mass is 35.5. The standard InChI is InChI=1S/C25H26ClNO7S/c1-30-20-12-11-17(10-9-16-13-21(31-2)24(33-4)22(14-16)32-3)23(25(20)34-5)27-35(28,29)19-8-6-7-18(26)15-19/h6-15,27H,1-5H3. The summed E-state index contributed by atoms with van der Waals surface area (Å²) in [5.74, 6) is 2.03. The molecule has 0 aromatic heterocycles. The van der Waals surface area contributed by atoms with Crippen molar-refractivity contribution in [3.05, 3.63) is 64.7 Å². The second-order valence-electron chi connectivity index (χ2n) is 7.12. The third-order valence-corrected chi connectivity index (χ3v) is 6.65. The van der Waals surface area contributed by atoms with E-state index in [0.717, 1.165) is 5.56 Å². The average molecular weight is 520 g/mol. The molecule has 1 N–H and O–H groups in total. The normalized spacial score (nSPS) is 11.3. The zero-order valence-corrected chi connectivity index (χ0v) is 21.5. The molecule has 0 radical (unpaired) electrons. The fraction of sp³-hybridized carbons (Fsp3) is 0.200. The molecule has 35 heavy (non-hydrogen) atoms. The Morgan fingerprint density at radius 1 is 0.743 bits per heavy atom. The number of sulfonamides is 1.